The van der Waals surface area contributed by atoms with E-state index in [1.165, 1.54) is 14.2 Å². The molecule has 1 aromatic rings. The number of methoxy groups -OCH3 is 2. The summed E-state index contributed by atoms with van der Waals surface area (Å²) in [5, 5.41) is 0. The quantitative estimate of drug-likeness (QED) is 0.745. The van der Waals surface area contributed by atoms with Gasteiger partial charge in [0.25, 0.3) is 0 Å². The summed E-state index contributed by atoms with van der Waals surface area (Å²) in [6.45, 7) is 2.05. The van der Waals surface area contributed by atoms with E-state index in [2.05, 4.69) is 4.74 Å². The predicted molar refractivity (Wildman–Crippen MR) is 64.7 cm³/mol. The van der Waals surface area contributed by atoms with Gasteiger partial charge < -0.3 is 14.2 Å². The van der Waals surface area contributed by atoms with Gasteiger partial charge in [0.15, 0.2) is 0 Å². The number of carbonyl (C=O) groups is 2. The van der Waals surface area contributed by atoms with Crippen molar-refractivity contribution in [1.29, 1.82) is 0 Å². The number of carbonyl (C=O) groups excluding carboxylic acids is 2. The molecule has 18 heavy (non-hydrogen) atoms. The SMILES string of the molecule is CCOC(=O)Cc1cccc(C(=O)OC)c1OC. The second-order valence-electron chi connectivity index (χ2n) is 3.47. The normalized spacial score (nSPS) is 9.72. The van der Waals surface area contributed by atoms with E-state index in [-0.39, 0.29) is 12.4 Å². The van der Waals surface area contributed by atoms with Gasteiger partial charge in [-0.2, -0.15) is 0 Å². The van der Waals surface area contributed by atoms with Crippen molar-refractivity contribution in [3.05, 3.63) is 29.3 Å². The van der Waals surface area contributed by atoms with Gasteiger partial charge in [0, 0.05) is 5.56 Å². The summed E-state index contributed by atoms with van der Waals surface area (Å²) >= 11 is 0. The van der Waals surface area contributed by atoms with Crippen molar-refractivity contribution in [2.24, 2.45) is 0 Å². The molecule has 0 saturated carbocycles. The first-order valence-electron chi connectivity index (χ1n) is 5.53. The van der Waals surface area contributed by atoms with E-state index in [1.807, 2.05) is 0 Å². The Labute approximate surface area is 106 Å². The number of hydrogen-bond donors (Lipinski definition) is 0. The Morgan fingerprint density at radius 2 is 1.94 bits per heavy atom. The van der Waals surface area contributed by atoms with E-state index in [4.69, 9.17) is 9.47 Å². The third-order valence-corrected chi connectivity index (χ3v) is 2.35. The van der Waals surface area contributed by atoms with Crippen molar-refractivity contribution in [3.63, 3.8) is 0 Å². The van der Waals surface area contributed by atoms with Crippen LogP contribution in [0.15, 0.2) is 18.2 Å². The minimum absolute atomic E-state index is 0.0574. The fourth-order valence-electron chi connectivity index (χ4n) is 1.60. The molecule has 0 atom stereocenters. The highest BCUT2D eigenvalue weighted by Gasteiger charge is 2.17. The number of ether oxygens (including phenoxy) is 3. The van der Waals surface area contributed by atoms with Crippen LogP contribution < -0.4 is 4.74 Å². The van der Waals surface area contributed by atoms with E-state index in [1.54, 1.807) is 25.1 Å². The molecule has 0 radical (unpaired) electrons. The third-order valence-electron chi connectivity index (χ3n) is 2.35. The van der Waals surface area contributed by atoms with E-state index >= 15 is 0 Å². The molecule has 5 heteroatoms. The lowest BCUT2D eigenvalue weighted by molar-refractivity contribution is -0.142. The van der Waals surface area contributed by atoms with Crippen molar-refractivity contribution in [3.8, 4) is 5.75 Å². The molecule has 0 heterocycles. The maximum atomic E-state index is 11.5. The van der Waals surface area contributed by atoms with E-state index in [9.17, 15) is 9.59 Å². The first-order chi connectivity index (χ1) is 8.63. The maximum absolute atomic E-state index is 11.5. The Hall–Kier alpha value is -2.04. The summed E-state index contributed by atoms with van der Waals surface area (Å²) in [5.41, 5.74) is 0.889. The minimum Gasteiger partial charge on any atom is -0.496 e. The molecule has 5 nitrogen and oxygen atoms in total. The molecule has 98 valence electrons. The molecule has 0 spiro atoms. The van der Waals surface area contributed by atoms with Gasteiger partial charge in [0.05, 0.1) is 27.2 Å². The summed E-state index contributed by atoms with van der Waals surface area (Å²) in [6, 6.07) is 4.96. The molecular formula is C13H16O5. The summed E-state index contributed by atoms with van der Waals surface area (Å²) in [6.07, 6.45) is 0.0574. The highest BCUT2D eigenvalue weighted by Crippen LogP contribution is 2.25. The Balaban J connectivity index is 3.05. The predicted octanol–water partition coefficient (Wildman–Crippen LogP) is 1.59. The van der Waals surface area contributed by atoms with Crippen molar-refractivity contribution >= 4 is 11.9 Å². The smallest absolute Gasteiger partial charge is 0.341 e. The Morgan fingerprint density at radius 1 is 1.22 bits per heavy atom. The zero-order chi connectivity index (χ0) is 13.5. The van der Waals surface area contributed by atoms with Crippen LogP contribution in [-0.4, -0.2) is 32.8 Å². The van der Waals surface area contributed by atoms with Gasteiger partial charge in [-0.3, -0.25) is 4.79 Å². The highest BCUT2D eigenvalue weighted by molar-refractivity contribution is 5.93. The van der Waals surface area contributed by atoms with Crippen molar-refractivity contribution in [2.45, 2.75) is 13.3 Å². The zero-order valence-corrected chi connectivity index (χ0v) is 10.7. The topological polar surface area (TPSA) is 61.8 Å². The fourth-order valence-corrected chi connectivity index (χ4v) is 1.60. The van der Waals surface area contributed by atoms with E-state index in [0.29, 0.717) is 23.5 Å². The number of rotatable bonds is 5. The standard InChI is InChI=1S/C13H16O5/c1-4-18-11(14)8-9-6-5-7-10(12(9)16-2)13(15)17-3/h5-7H,4,8H2,1-3H3. The number of para-hydroxylation sites is 1. The van der Waals surface area contributed by atoms with Gasteiger partial charge in [-0.05, 0) is 13.0 Å². The average molecular weight is 252 g/mol. The molecule has 1 aromatic carbocycles. The van der Waals surface area contributed by atoms with E-state index < -0.39 is 5.97 Å². The lowest BCUT2D eigenvalue weighted by Crippen LogP contribution is -2.11. The van der Waals surface area contributed by atoms with Gasteiger partial charge in [-0.15, -0.1) is 0 Å². The number of hydrogen-bond acceptors (Lipinski definition) is 5. The monoisotopic (exact) mass is 252 g/mol. The van der Waals surface area contributed by atoms with E-state index in [0.717, 1.165) is 0 Å². The Bertz CT molecular complexity index is 439. The molecule has 0 N–H and O–H groups in total. The molecule has 0 aliphatic heterocycles. The molecule has 0 aromatic heterocycles. The second kappa shape index (κ2) is 6.64. The highest BCUT2D eigenvalue weighted by atomic mass is 16.5. The lowest BCUT2D eigenvalue weighted by Gasteiger charge is -2.11. The first kappa shape index (κ1) is 14.0. The van der Waals surface area contributed by atoms with Crippen LogP contribution in [0.5, 0.6) is 5.75 Å². The van der Waals surface area contributed by atoms with Crippen LogP contribution in [0.3, 0.4) is 0 Å². The van der Waals surface area contributed by atoms with Gasteiger partial charge in [0.1, 0.15) is 11.3 Å². The zero-order valence-electron chi connectivity index (χ0n) is 10.7. The lowest BCUT2D eigenvalue weighted by atomic mass is 10.1. The van der Waals surface area contributed by atoms with Crippen LogP contribution in [0.1, 0.15) is 22.8 Å². The largest absolute Gasteiger partial charge is 0.496 e. The van der Waals surface area contributed by atoms with Crippen LogP contribution in [0, 0.1) is 0 Å². The van der Waals surface area contributed by atoms with Crippen molar-refractivity contribution < 1.29 is 23.8 Å². The average Bonchev–Trinajstić information content (AvgIpc) is 2.37. The molecule has 1 rings (SSSR count). The van der Waals surface area contributed by atoms with Crippen LogP contribution in [0.25, 0.3) is 0 Å². The van der Waals surface area contributed by atoms with Crippen molar-refractivity contribution in [1.82, 2.24) is 0 Å². The molecular weight excluding hydrogens is 236 g/mol. The van der Waals surface area contributed by atoms with Crippen molar-refractivity contribution in [2.75, 3.05) is 20.8 Å². The van der Waals surface area contributed by atoms with Gasteiger partial charge in [-0.25, -0.2) is 4.79 Å². The Kier molecular flexibility index (Phi) is 5.17. The Morgan fingerprint density at radius 3 is 2.50 bits per heavy atom. The molecule has 0 bridgehead atoms. The van der Waals surface area contributed by atoms with Crippen LogP contribution in [0.4, 0.5) is 0 Å². The van der Waals surface area contributed by atoms with Crippen LogP contribution in [-0.2, 0) is 20.7 Å². The summed E-state index contributed by atoms with van der Waals surface area (Å²) in [5.74, 6) is -0.521. The first-order valence-corrected chi connectivity index (χ1v) is 5.53. The van der Waals surface area contributed by atoms with Gasteiger partial charge in [-0.1, -0.05) is 12.1 Å². The maximum Gasteiger partial charge on any atom is 0.341 e. The summed E-state index contributed by atoms with van der Waals surface area (Å²) < 4.78 is 14.7. The van der Waals surface area contributed by atoms with Gasteiger partial charge in [0.2, 0.25) is 0 Å². The molecule has 0 amide bonds. The van der Waals surface area contributed by atoms with Crippen LogP contribution >= 0.6 is 0 Å². The minimum atomic E-state index is -0.502. The summed E-state index contributed by atoms with van der Waals surface area (Å²) in [4.78, 5) is 23.0. The molecule has 0 aliphatic rings. The number of esters is 2. The van der Waals surface area contributed by atoms with Crippen LogP contribution in [0.2, 0.25) is 0 Å². The fraction of sp³-hybridized carbons (Fsp3) is 0.385. The number of benzene rings is 1. The van der Waals surface area contributed by atoms with Gasteiger partial charge >= 0.3 is 11.9 Å². The third kappa shape index (κ3) is 3.23. The summed E-state index contributed by atoms with van der Waals surface area (Å²) in [7, 11) is 2.73. The second-order valence-corrected chi connectivity index (χ2v) is 3.47. The molecule has 0 unspecified atom stereocenters. The molecule has 0 saturated heterocycles. The molecule has 0 aliphatic carbocycles. The molecule has 0 fully saturated rings.